The summed E-state index contributed by atoms with van der Waals surface area (Å²) in [5.41, 5.74) is 0.209. The van der Waals surface area contributed by atoms with Crippen molar-refractivity contribution in [1.29, 1.82) is 0 Å². The fourth-order valence-corrected chi connectivity index (χ4v) is 4.39. The summed E-state index contributed by atoms with van der Waals surface area (Å²) in [4.78, 5) is 37.7. The van der Waals surface area contributed by atoms with Gasteiger partial charge in [-0.05, 0) is 53.2 Å². The van der Waals surface area contributed by atoms with Crippen LogP contribution in [0.4, 0.5) is 0 Å². The summed E-state index contributed by atoms with van der Waals surface area (Å²) in [5, 5.41) is 0. The van der Waals surface area contributed by atoms with Crippen molar-refractivity contribution in [3.05, 3.63) is 35.5 Å². The van der Waals surface area contributed by atoms with Gasteiger partial charge < -0.3 is 18.9 Å². The van der Waals surface area contributed by atoms with Crippen LogP contribution in [0, 0.1) is 5.92 Å². The monoisotopic (exact) mass is 418 g/mol. The smallest absolute Gasteiger partial charge is 0.334 e. The van der Waals surface area contributed by atoms with Crippen molar-refractivity contribution in [2.24, 2.45) is 5.92 Å². The Hall–Kier alpha value is -2.25. The Labute approximate surface area is 177 Å². The van der Waals surface area contributed by atoms with E-state index in [1.807, 2.05) is 6.92 Å². The van der Waals surface area contributed by atoms with Gasteiger partial charge in [-0.3, -0.25) is 4.79 Å². The molecule has 5 atom stereocenters. The van der Waals surface area contributed by atoms with Crippen LogP contribution in [0.5, 0.6) is 0 Å². The highest BCUT2D eigenvalue weighted by atomic mass is 16.8. The second-order valence-electron chi connectivity index (χ2n) is 8.94. The maximum Gasteiger partial charge on any atom is 0.334 e. The number of carbonyl (C=O) groups is 3. The fraction of sp³-hybridized carbons (Fsp3) is 0.609. The molecule has 0 radical (unpaired) electrons. The number of rotatable bonds is 2. The molecule has 0 aromatic rings. The van der Waals surface area contributed by atoms with Crippen molar-refractivity contribution in [2.75, 3.05) is 0 Å². The highest BCUT2D eigenvalue weighted by Crippen LogP contribution is 2.45. The molecule has 0 N–H and O–H groups in total. The minimum Gasteiger partial charge on any atom is -0.458 e. The maximum atomic E-state index is 12.8. The zero-order valence-electron chi connectivity index (χ0n) is 18.4. The molecule has 2 saturated heterocycles. The number of carbonyl (C=O) groups excluding carboxylic acids is 3. The standard InChI is InChI=1S/C23H30O7/c1-8-12(2)20(25)28-17-11-23(7)18(29-22(5,6)30-23)10-15(24)13(3)9-16-19(17)14(4)21(26)27-16/h8-9,16-19H,4,10-11H2,1-3,5-7H3/b12-8-,13-9-/t16-,17-,18-,19+,23-/m1/s1. The molecular formula is C23H30O7. The summed E-state index contributed by atoms with van der Waals surface area (Å²) in [7, 11) is 0. The number of hydrogen-bond donors (Lipinski definition) is 0. The summed E-state index contributed by atoms with van der Waals surface area (Å²) in [5.74, 6) is -2.69. The number of hydrogen-bond acceptors (Lipinski definition) is 7. The first-order valence-corrected chi connectivity index (χ1v) is 10.2. The first-order valence-electron chi connectivity index (χ1n) is 10.2. The van der Waals surface area contributed by atoms with Crippen molar-refractivity contribution in [3.8, 4) is 0 Å². The molecule has 3 aliphatic rings. The molecule has 0 saturated carbocycles. The summed E-state index contributed by atoms with van der Waals surface area (Å²) < 4.78 is 23.6. The summed E-state index contributed by atoms with van der Waals surface area (Å²) in [6, 6.07) is 0. The second kappa shape index (κ2) is 7.78. The number of allylic oxidation sites excluding steroid dienone is 2. The van der Waals surface area contributed by atoms with Crippen LogP contribution >= 0.6 is 0 Å². The van der Waals surface area contributed by atoms with Crippen LogP contribution in [0.3, 0.4) is 0 Å². The van der Waals surface area contributed by atoms with Gasteiger partial charge in [0.25, 0.3) is 0 Å². The van der Waals surface area contributed by atoms with Gasteiger partial charge in [0.05, 0.1) is 17.6 Å². The van der Waals surface area contributed by atoms with Crippen LogP contribution in [0.1, 0.15) is 54.4 Å². The highest BCUT2D eigenvalue weighted by molar-refractivity contribution is 5.96. The van der Waals surface area contributed by atoms with Gasteiger partial charge >= 0.3 is 11.9 Å². The van der Waals surface area contributed by atoms with Crippen LogP contribution < -0.4 is 0 Å². The van der Waals surface area contributed by atoms with Crippen LogP contribution in [-0.2, 0) is 33.3 Å². The van der Waals surface area contributed by atoms with Gasteiger partial charge in [-0.25, -0.2) is 9.59 Å². The first-order chi connectivity index (χ1) is 13.9. The maximum absolute atomic E-state index is 12.8. The average Bonchev–Trinajstić information content (AvgIpc) is 3.04. The molecule has 2 fully saturated rings. The largest absolute Gasteiger partial charge is 0.458 e. The zero-order valence-corrected chi connectivity index (χ0v) is 18.4. The van der Waals surface area contributed by atoms with E-state index in [4.69, 9.17) is 18.9 Å². The Morgan fingerprint density at radius 3 is 2.60 bits per heavy atom. The molecule has 0 bridgehead atoms. The number of ketones is 1. The van der Waals surface area contributed by atoms with Gasteiger partial charge in [0.2, 0.25) is 0 Å². The van der Waals surface area contributed by atoms with E-state index in [2.05, 4.69) is 6.58 Å². The topological polar surface area (TPSA) is 88.1 Å². The third kappa shape index (κ3) is 4.14. The highest BCUT2D eigenvalue weighted by Gasteiger charge is 2.55. The van der Waals surface area contributed by atoms with E-state index in [0.717, 1.165) is 0 Å². The number of Topliss-reactive ketones (excluding diaryl/α,β-unsaturated/α-hetero) is 1. The van der Waals surface area contributed by atoms with E-state index in [1.165, 1.54) is 0 Å². The lowest BCUT2D eigenvalue weighted by atomic mass is 9.79. The summed E-state index contributed by atoms with van der Waals surface area (Å²) in [6.07, 6.45) is 1.60. The molecule has 3 rings (SSSR count). The normalized spacial score (nSPS) is 38.3. The minimum atomic E-state index is -0.915. The van der Waals surface area contributed by atoms with Crippen molar-refractivity contribution < 1.29 is 33.3 Å². The van der Waals surface area contributed by atoms with Crippen molar-refractivity contribution in [3.63, 3.8) is 0 Å². The lowest BCUT2D eigenvalue weighted by molar-refractivity contribution is -0.171. The quantitative estimate of drug-likeness (QED) is 0.503. The zero-order chi connectivity index (χ0) is 22.4. The van der Waals surface area contributed by atoms with Gasteiger partial charge in [0, 0.05) is 24.0 Å². The molecule has 164 valence electrons. The molecule has 0 aromatic heterocycles. The van der Waals surface area contributed by atoms with E-state index in [9.17, 15) is 14.4 Å². The molecule has 0 unspecified atom stereocenters. The van der Waals surface area contributed by atoms with Crippen molar-refractivity contribution in [2.45, 2.75) is 84.1 Å². The molecule has 7 heteroatoms. The molecule has 7 nitrogen and oxygen atoms in total. The van der Waals surface area contributed by atoms with Crippen LogP contribution in [-0.4, -0.2) is 47.4 Å². The Balaban J connectivity index is 2.09. The van der Waals surface area contributed by atoms with E-state index >= 15 is 0 Å². The van der Waals surface area contributed by atoms with E-state index < -0.39 is 47.6 Å². The summed E-state index contributed by atoms with van der Waals surface area (Å²) in [6.45, 7) is 14.4. The van der Waals surface area contributed by atoms with Gasteiger partial charge in [-0.1, -0.05) is 12.7 Å². The first kappa shape index (κ1) is 22.4. The van der Waals surface area contributed by atoms with E-state index in [-0.39, 0.29) is 24.2 Å². The van der Waals surface area contributed by atoms with Crippen LogP contribution in [0.2, 0.25) is 0 Å². The fourth-order valence-electron chi connectivity index (χ4n) is 4.39. The minimum absolute atomic E-state index is 0.111. The molecule has 1 aliphatic carbocycles. The number of ether oxygens (including phenoxy) is 4. The van der Waals surface area contributed by atoms with Gasteiger partial charge in [0.15, 0.2) is 11.6 Å². The average molecular weight is 418 g/mol. The predicted molar refractivity (Wildman–Crippen MR) is 108 cm³/mol. The molecule has 30 heavy (non-hydrogen) atoms. The van der Waals surface area contributed by atoms with Crippen molar-refractivity contribution in [1.82, 2.24) is 0 Å². The molecule has 2 heterocycles. The van der Waals surface area contributed by atoms with E-state index in [0.29, 0.717) is 11.1 Å². The Kier molecular flexibility index (Phi) is 5.82. The third-order valence-electron chi connectivity index (χ3n) is 6.09. The molecule has 0 aromatic carbocycles. The van der Waals surface area contributed by atoms with Gasteiger partial charge in [-0.15, -0.1) is 0 Å². The molecular weight excluding hydrogens is 388 g/mol. The Morgan fingerprint density at radius 2 is 1.97 bits per heavy atom. The predicted octanol–water partition coefficient (Wildman–Crippen LogP) is 3.18. The Bertz CT molecular complexity index is 850. The SMILES string of the molecule is C=C1C(=O)O[C@@H]2/C=C(/C)C(=O)C[C@H]3OC(C)(C)O[C@]3(C)C[C@@H](OC(=O)/C(C)=C\C)[C@@H]12. The Morgan fingerprint density at radius 1 is 1.30 bits per heavy atom. The lowest BCUT2D eigenvalue weighted by Crippen LogP contribution is -2.46. The van der Waals surface area contributed by atoms with Crippen LogP contribution in [0.25, 0.3) is 0 Å². The number of esters is 2. The third-order valence-corrected chi connectivity index (χ3v) is 6.09. The molecule has 0 amide bonds. The number of fused-ring (bicyclic) bond motifs is 2. The van der Waals surface area contributed by atoms with Crippen LogP contribution in [0.15, 0.2) is 35.5 Å². The van der Waals surface area contributed by atoms with E-state index in [1.54, 1.807) is 46.8 Å². The molecule has 0 spiro atoms. The van der Waals surface area contributed by atoms with Crippen molar-refractivity contribution >= 4 is 17.7 Å². The van der Waals surface area contributed by atoms with Gasteiger partial charge in [-0.2, -0.15) is 0 Å². The molecule has 2 aliphatic heterocycles. The van der Waals surface area contributed by atoms with Gasteiger partial charge in [0.1, 0.15) is 12.2 Å². The summed E-state index contributed by atoms with van der Waals surface area (Å²) >= 11 is 0. The lowest BCUT2D eigenvalue weighted by Gasteiger charge is -2.36. The second-order valence-corrected chi connectivity index (χ2v) is 8.94.